The Morgan fingerprint density at radius 2 is 2.05 bits per heavy atom. The molecule has 1 aromatic rings. The quantitative estimate of drug-likeness (QED) is 0.626. The molecule has 0 saturated carbocycles. The Balaban J connectivity index is 2.07. The number of nitrogens with one attached hydrogen (secondary N) is 1. The van der Waals surface area contributed by atoms with Gasteiger partial charge in [-0.2, -0.15) is 0 Å². The summed E-state index contributed by atoms with van der Waals surface area (Å²) in [6.07, 6.45) is 0. The van der Waals surface area contributed by atoms with Crippen LogP contribution in [0.5, 0.6) is 0 Å². The molecule has 1 amide bonds. The number of benzene rings is 1. The molecule has 1 N–H and O–H groups in total. The highest BCUT2D eigenvalue weighted by atomic mass is 35.6. The monoisotopic (exact) mass is 382 g/mol. The summed E-state index contributed by atoms with van der Waals surface area (Å²) in [5.41, 5.74) is 1.61. The first-order chi connectivity index (χ1) is 9.86. The van der Waals surface area contributed by atoms with Crippen LogP contribution in [-0.2, 0) is 0 Å². The number of halogens is 3. The van der Waals surface area contributed by atoms with Crippen LogP contribution in [-0.4, -0.2) is 31.7 Å². The predicted octanol–water partition coefficient (Wildman–Crippen LogP) is 4.26. The highest BCUT2D eigenvalue weighted by Gasteiger charge is 2.36. The van der Waals surface area contributed by atoms with Gasteiger partial charge >= 0.3 is 0 Å². The maximum absolute atomic E-state index is 12.2. The number of thioether (sulfide) groups is 2. The van der Waals surface area contributed by atoms with Crippen LogP contribution in [0.1, 0.15) is 15.9 Å². The Morgan fingerprint density at radius 1 is 1.38 bits per heavy atom. The number of carbonyl (C=O) groups excluding carboxylic acids is 1. The van der Waals surface area contributed by atoms with Gasteiger partial charge in [0.2, 0.25) is 3.79 Å². The smallest absolute Gasteiger partial charge is 0.252 e. The predicted molar refractivity (Wildman–Crippen MR) is 95.1 cm³/mol. The van der Waals surface area contributed by atoms with Gasteiger partial charge in [0, 0.05) is 11.3 Å². The minimum Gasteiger partial charge on any atom is -0.336 e. The molecule has 0 bridgehead atoms. The van der Waals surface area contributed by atoms with E-state index < -0.39 is 9.17 Å². The van der Waals surface area contributed by atoms with E-state index in [-0.39, 0.29) is 5.91 Å². The lowest BCUT2D eigenvalue weighted by Gasteiger charge is -2.24. The zero-order valence-electron chi connectivity index (χ0n) is 11.1. The summed E-state index contributed by atoms with van der Waals surface area (Å²) >= 11 is 20.8. The third-order valence-electron chi connectivity index (χ3n) is 2.65. The van der Waals surface area contributed by atoms with Crippen molar-refractivity contribution < 1.29 is 4.79 Å². The third-order valence-corrected chi connectivity index (χ3v) is 6.14. The van der Waals surface area contributed by atoms with Crippen molar-refractivity contribution in [3.8, 4) is 0 Å². The third kappa shape index (κ3) is 5.25. The number of nitrogens with zero attached hydrogens (tertiary/aromatic N) is 1. The average molecular weight is 384 g/mol. The Kier molecular flexibility index (Phi) is 6.15. The molecule has 21 heavy (non-hydrogen) atoms. The van der Waals surface area contributed by atoms with Crippen molar-refractivity contribution in [3.05, 3.63) is 35.4 Å². The van der Waals surface area contributed by atoms with Gasteiger partial charge in [-0.1, -0.05) is 76.0 Å². The van der Waals surface area contributed by atoms with Crippen molar-refractivity contribution in [2.45, 2.75) is 16.1 Å². The van der Waals surface area contributed by atoms with Gasteiger partial charge in [0.05, 0.1) is 6.54 Å². The first-order valence-corrected chi connectivity index (χ1v) is 9.14. The van der Waals surface area contributed by atoms with Crippen LogP contribution in [0.4, 0.5) is 0 Å². The van der Waals surface area contributed by atoms with Crippen LogP contribution >= 0.6 is 58.3 Å². The number of rotatable bonds is 3. The summed E-state index contributed by atoms with van der Waals surface area (Å²) in [5, 5.41) is 2.06. The number of alkyl halides is 3. The van der Waals surface area contributed by atoms with E-state index in [2.05, 4.69) is 10.3 Å². The number of aryl methyl sites for hydroxylation is 1. The van der Waals surface area contributed by atoms with Crippen molar-refractivity contribution in [1.82, 2.24) is 5.32 Å². The summed E-state index contributed by atoms with van der Waals surface area (Å²) in [6, 6.07) is 7.21. The Labute approximate surface area is 147 Å². The zero-order valence-corrected chi connectivity index (χ0v) is 15.0. The van der Waals surface area contributed by atoms with Crippen molar-refractivity contribution in [1.29, 1.82) is 0 Å². The lowest BCUT2D eigenvalue weighted by molar-refractivity contribution is 0.0950. The van der Waals surface area contributed by atoms with E-state index in [0.717, 1.165) is 22.2 Å². The molecule has 3 nitrogen and oxygen atoms in total. The van der Waals surface area contributed by atoms with E-state index in [1.54, 1.807) is 23.9 Å². The maximum atomic E-state index is 12.2. The zero-order chi connectivity index (χ0) is 15.5. The fourth-order valence-electron chi connectivity index (χ4n) is 1.57. The molecule has 1 aliphatic rings. The second kappa shape index (κ2) is 7.47. The standard InChI is InChI=1S/C13H13Cl3N2OS2/c1-8-2-4-9(5-3-8)10(19)18-11(13(14,15)16)21-12-17-6-7-20-12/h2-5,11H,6-7H2,1H3,(H,18,19). The van der Waals surface area contributed by atoms with Crippen LogP contribution < -0.4 is 5.32 Å². The molecule has 1 heterocycles. The molecular weight excluding hydrogens is 371 g/mol. The van der Waals surface area contributed by atoms with Gasteiger partial charge in [0.1, 0.15) is 9.75 Å². The maximum Gasteiger partial charge on any atom is 0.252 e. The normalized spacial score (nSPS) is 16.5. The number of hydrogen-bond acceptors (Lipinski definition) is 4. The van der Waals surface area contributed by atoms with E-state index in [1.165, 1.54) is 11.8 Å². The van der Waals surface area contributed by atoms with E-state index >= 15 is 0 Å². The topological polar surface area (TPSA) is 41.5 Å². The number of aliphatic imine (C=N–C) groups is 1. The van der Waals surface area contributed by atoms with Gasteiger partial charge in [0.25, 0.3) is 5.91 Å². The van der Waals surface area contributed by atoms with Gasteiger partial charge in [-0.05, 0) is 19.1 Å². The van der Waals surface area contributed by atoms with Gasteiger partial charge in [0.15, 0.2) is 0 Å². The minimum absolute atomic E-state index is 0.276. The molecule has 1 aromatic carbocycles. The summed E-state index contributed by atoms with van der Waals surface area (Å²) in [4.78, 5) is 16.5. The highest BCUT2D eigenvalue weighted by Crippen LogP contribution is 2.39. The Morgan fingerprint density at radius 3 is 2.57 bits per heavy atom. The number of carbonyl (C=O) groups is 1. The molecule has 0 saturated heterocycles. The Hall–Kier alpha value is -0.0700. The molecule has 0 aliphatic carbocycles. The van der Waals surface area contributed by atoms with Crippen molar-refractivity contribution >= 4 is 68.6 Å². The van der Waals surface area contributed by atoms with E-state index in [9.17, 15) is 4.79 Å². The van der Waals surface area contributed by atoms with Crippen LogP contribution in [0, 0.1) is 6.92 Å². The molecule has 114 valence electrons. The molecule has 2 rings (SSSR count). The van der Waals surface area contributed by atoms with Crippen LogP contribution in [0.25, 0.3) is 0 Å². The summed E-state index contributed by atoms with van der Waals surface area (Å²) in [6.45, 7) is 2.71. The fraction of sp³-hybridized carbons (Fsp3) is 0.385. The van der Waals surface area contributed by atoms with E-state index in [1.807, 2.05) is 19.1 Å². The lowest BCUT2D eigenvalue weighted by atomic mass is 10.1. The molecule has 1 aliphatic heterocycles. The SMILES string of the molecule is Cc1ccc(C(=O)NC(SC2=NCCS2)C(Cl)(Cl)Cl)cc1. The molecular formula is C13H13Cl3N2OS2. The summed E-state index contributed by atoms with van der Waals surface area (Å²) < 4.78 is -0.785. The average Bonchev–Trinajstić information content (AvgIpc) is 2.90. The van der Waals surface area contributed by atoms with Crippen molar-refractivity contribution in [3.63, 3.8) is 0 Å². The van der Waals surface area contributed by atoms with Crippen molar-refractivity contribution in [2.24, 2.45) is 4.99 Å². The van der Waals surface area contributed by atoms with Crippen molar-refractivity contribution in [2.75, 3.05) is 12.3 Å². The Bertz CT molecular complexity index is 543. The largest absolute Gasteiger partial charge is 0.336 e. The van der Waals surface area contributed by atoms with Crippen LogP contribution in [0.3, 0.4) is 0 Å². The number of hydrogen-bond donors (Lipinski definition) is 1. The van der Waals surface area contributed by atoms with Gasteiger partial charge in [-0.3, -0.25) is 9.79 Å². The highest BCUT2D eigenvalue weighted by molar-refractivity contribution is 8.39. The molecule has 1 atom stereocenters. The fourth-order valence-corrected chi connectivity index (χ4v) is 4.16. The second-order valence-electron chi connectivity index (χ2n) is 4.38. The minimum atomic E-state index is -1.61. The van der Waals surface area contributed by atoms with Crippen LogP contribution in [0.15, 0.2) is 29.3 Å². The van der Waals surface area contributed by atoms with Crippen LogP contribution in [0.2, 0.25) is 0 Å². The lowest BCUT2D eigenvalue weighted by Crippen LogP contribution is -2.41. The molecule has 0 spiro atoms. The summed E-state index contributed by atoms with van der Waals surface area (Å²) in [5.74, 6) is 0.642. The first-order valence-electron chi connectivity index (χ1n) is 6.14. The number of amides is 1. The summed E-state index contributed by atoms with van der Waals surface area (Å²) in [7, 11) is 0. The van der Waals surface area contributed by atoms with Gasteiger partial charge < -0.3 is 5.32 Å². The van der Waals surface area contributed by atoms with E-state index in [0.29, 0.717) is 5.56 Å². The first kappa shape index (κ1) is 17.3. The molecule has 0 radical (unpaired) electrons. The molecule has 0 fully saturated rings. The second-order valence-corrected chi connectivity index (χ2v) is 9.18. The molecule has 1 unspecified atom stereocenters. The van der Waals surface area contributed by atoms with E-state index in [4.69, 9.17) is 34.8 Å². The van der Waals surface area contributed by atoms with Gasteiger partial charge in [-0.25, -0.2) is 0 Å². The molecule has 0 aromatic heterocycles. The van der Waals surface area contributed by atoms with Gasteiger partial charge in [-0.15, -0.1) is 0 Å². The molecule has 8 heteroatoms.